The van der Waals surface area contributed by atoms with Gasteiger partial charge in [0.05, 0.1) is 13.2 Å². The van der Waals surface area contributed by atoms with Crippen LogP contribution in [0.5, 0.6) is 23.0 Å². The van der Waals surface area contributed by atoms with Crippen LogP contribution in [0.25, 0.3) is 0 Å². The molecule has 0 saturated heterocycles. The van der Waals surface area contributed by atoms with E-state index in [4.69, 9.17) is 9.47 Å². The Balaban J connectivity index is 1.80. The minimum atomic E-state index is 0.318. The van der Waals surface area contributed by atoms with Crippen molar-refractivity contribution in [1.82, 2.24) is 0 Å². The summed E-state index contributed by atoms with van der Waals surface area (Å²) < 4.78 is 11.4. The molecule has 0 aliphatic rings. The summed E-state index contributed by atoms with van der Waals surface area (Å²) >= 11 is 0. The van der Waals surface area contributed by atoms with Crippen LogP contribution in [0.4, 0.5) is 0 Å². The average Bonchev–Trinajstić information content (AvgIpc) is 2.49. The first kappa shape index (κ1) is 17.0. The zero-order valence-corrected chi connectivity index (χ0v) is 14.1. The van der Waals surface area contributed by atoms with E-state index < -0.39 is 0 Å². The van der Waals surface area contributed by atoms with Crippen molar-refractivity contribution in [1.29, 1.82) is 0 Å². The molecule has 0 heterocycles. The number of hydrogen-bond donors (Lipinski definition) is 2. The molecule has 0 spiro atoms. The molecule has 0 aliphatic carbocycles. The highest BCUT2D eigenvalue weighted by Gasteiger charge is 2.05. The first-order valence-electron chi connectivity index (χ1n) is 7.74. The first-order chi connectivity index (χ1) is 10.9. The van der Waals surface area contributed by atoms with Crippen LogP contribution >= 0.6 is 0 Å². The lowest BCUT2D eigenvalue weighted by Gasteiger charge is -2.12. The molecule has 2 rings (SSSR count). The normalized spacial score (nSPS) is 10.6. The number of phenols is 2. The van der Waals surface area contributed by atoms with Crippen LogP contribution in [0.15, 0.2) is 24.3 Å². The maximum atomic E-state index is 9.74. The maximum absolute atomic E-state index is 9.74. The van der Waals surface area contributed by atoms with Gasteiger partial charge in [-0.1, -0.05) is 0 Å². The molecule has 0 aromatic heterocycles. The lowest BCUT2D eigenvalue weighted by atomic mass is 10.1. The number of hydrogen-bond acceptors (Lipinski definition) is 4. The second kappa shape index (κ2) is 7.27. The molecule has 4 heteroatoms. The van der Waals surface area contributed by atoms with Crippen molar-refractivity contribution >= 4 is 0 Å². The van der Waals surface area contributed by atoms with Gasteiger partial charge < -0.3 is 19.7 Å². The molecule has 0 atom stereocenters. The van der Waals surface area contributed by atoms with Crippen molar-refractivity contribution in [2.75, 3.05) is 13.2 Å². The third-order valence-electron chi connectivity index (χ3n) is 3.76. The second-order valence-corrected chi connectivity index (χ2v) is 5.86. The summed E-state index contributed by atoms with van der Waals surface area (Å²) in [5.74, 6) is 2.15. The Kier molecular flexibility index (Phi) is 5.37. The monoisotopic (exact) mass is 316 g/mol. The molecule has 2 N–H and O–H groups in total. The molecule has 23 heavy (non-hydrogen) atoms. The van der Waals surface area contributed by atoms with Crippen LogP contribution in [0.1, 0.15) is 28.7 Å². The number of aromatic hydroxyl groups is 2. The Labute approximate surface area is 137 Å². The highest BCUT2D eigenvalue weighted by Crippen LogP contribution is 2.28. The molecule has 0 amide bonds. The predicted molar refractivity (Wildman–Crippen MR) is 90.8 cm³/mol. The Hall–Kier alpha value is -2.36. The summed E-state index contributed by atoms with van der Waals surface area (Å²) in [6, 6.07) is 7.32. The van der Waals surface area contributed by atoms with E-state index in [2.05, 4.69) is 0 Å². The zero-order valence-electron chi connectivity index (χ0n) is 14.1. The van der Waals surface area contributed by atoms with Gasteiger partial charge in [-0.2, -0.15) is 0 Å². The zero-order chi connectivity index (χ0) is 17.0. The standard InChI is InChI=1S/C19H24O4/c1-12-8-16(9-13(2)18(12)20)22-6-5-7-23-17-10-14(3)19(21)15(4)11-17/h8-11,20-21H,5-7H2,1-4H3. The van der Waals surface area contributed by atoms with Gasteiger partial charge in [-0.25, -0.2) is 0 Å². The van der Waals surface area contributed by atoms with E-state index >= 15 is 0 Å². The van der Waals surface area contributed by atoms with E-state index in [0.29, 0.717) is 24.7 Å². The average molecular weight is 316 g/mol. The highest BCUT2D eigenvalue weighted by atomic mass is 16.5. The van der Waals surface area contributed by atoms with Crippen molar-refractivity contribution in [3.63, 3.8) is 0 Å². The lowest BCUT2D eigenvalue weighted by molar-refractivity contribution is 0.247. The molecular weight excluding hydrogens is 292 g/mol. The van der Waals surface area contributed by atoms with Crippen molar-refractivity contribution < 1.29 is 19.7 Å². The Morgan fingerprint density at radius 3 is 1.26 bits per heavy atom. The molecule has 2 aromatic carbocycles. The molecular formula is C19H24O4. The van der Waals surface area contributed by atoms with E-state index in [-0.39, 0.29) is 0 Å². The van der Waals surface area contributed by atoms with Crippen LogP contribution in [0, 0.1) is 27.7 Å². The number of aryl methyl sites for hydroxylation is 4. The fourth-order valence-corrected chi connectivity index (χ4v) is 2.44. The Bertz CT molecular complexity index is 586. The second-order valence-electron chi connectivity index (χ2n) is 5.86. The van der Waals surface area contributed by atoms with Gasteiger partial charge in [0.2, 0.25) is 0 Å². The molecule has 0 unspecified atom stereocenters. The smallest absolute Gasteiger partial charge is 0.121 e. The van der Waals surface area contributed by atoms with Crippen molar-refractivity contribution in [3.8, 4) is 23.0 Å². The number of rotatable bonds is 6. The van der Waals surface area contributed by atoms with Gasteiger partial charge >= 0.3 is 0 Å². The molecule has 4 nitrogen and oxygen atoms in total. The minimum absolute atomic E-state index is 0.318. The number of benzene rings is 2. The third kappa shape index (κ3) is 4.31. The van der Waals surface area contributed by atoms with Gasteiger partial charge in [0, 0.05) is 6.42 Å². The van der Waals surface area contributed by atoms with E-state index in [1.165, 1.54) is 0 Å². The highest BCUT2D eigenvalue weighted by molar-refractivity contribution is 5.45. The number of ether oxygens (including phenoxy) is 2. The maximum Gasteiger partial charge on any atom is 0.121 e. The van der Waals surface area contributed by atoms with Crippen molar-refractivity contribution in [2.24, 2.45) is 0 Å². The topological polar surface area (TPSA) is 58.9 Å². The lowest BCUT2D eigenvalue weighted by Crippen LogP contribution is -2.05. The molecule has 124 valence electrons. The summed E-state index contributed by atoms with van der Waals surface area (Å²) in [6.45, 7) is 8.50. The molecule has 0 saturated carbocycles. The fraction of sp³-hybridized carbons (Fsp3) is 0.368. The summed E-state index contributed by atoms with van der Waals surface area (Å²) in [6.07, 6.45) is 0.748. The molecule has 0 bridgehead atoms. The Morgan fingerprint density at radius 1 is 0.652 bits per heavy atom. The molecule has 0 fully saturated rings. The Morgan fingerprint density at radius 2 is 0.957 bits per heavy atom. The predicted octanol–water partition coefficient (Wildman–Crippen LogP) is 4.18. The van der Waals surface area contributed by atoms with Crippen LogP contribution in [0.3, 0.4) is 0 Å². The van der Waals surface area contributed by atoms with Gasteiger partial charge in [0.1, 0.15) is 23.0 Å². The summed E-state index contributed by atoms with van der Waals surface area (Å²) in [5, 5.41) is 19.5. The quantitative estimate of drug-likeness (QED) is 0.785. The molecule has 2 aromatic rings. The third-order valence-corrected chi connectivity index (χ3v) is 3.76. The van der Waals surface area contributed by atoms with Gasteiger partial charge in [0.15, 0.2) is 0 Å². The van der Waals surface area contributed by atoms with Gasteiger partial charge in [0.25, 0.3) is 0 Å². The number of phenolic OH excluding ortho intramolecular Hbond substituents is 2. The van der Waals surface area contributed by atoms with E-state index in [9.17, 15) is 10.2 Å². The SMILES string of the molecule is Cc1cc(OCCCOc2cc(C)c(O)c(C)c2)cc(C)c1O. The summed E-state index contributed by atoms with van der Waals surface area (Å²) in [7, 11) is 0. The van der Waals surface area contributed by atoms with Crippen LogP contribution in [-0.4, -0.2) is 23.4 Å². The minimum Gasteiger partial charge on any atom is -0.507 e. The van der Waals surface area contributed by atoms with Crippen LogP contribution < -0.4 is 9.47 Å². The van der Waals surface area contributed by atoms with E-state index in [1.54, 1.807) is 0 Å². The van der Waals surface area contributed by atoms with Gasteiger partial charge in [-0.3, -0.25) is 0 Å². The van der Waals surface area contributed by atoms with E-state index in [0.717, 1.165) is 40.2 Å². The van der Waals surface area contributed by atoms with Crippen molar-refractivity contribution in [2.45, 2.75) is 34.1 Å². The fourth-order valence-electron chi connectivity index (χ4n) is 2.44. The van der Waals surface area contributed by atoms with Gasteiger partial charge in [-0.15, -0.1) is 0 Å². The van der Waals surface area contributed by atoms with Crippen LogP contribution in [-0.2, 0) is 0 Å². The first-order valence-corrected chi connectivity index (χ1v) is 7.74. The largest absolute Gasteiger partial charge is 0.507 e. The van der Waals surface area contributed by atoms with E-state index in [1.807, 2.05) is 52.0 Å². The summed E-state index contributed by atoms with van der Waals surface area (Å²) in [5.41, 5.74) is 3.25. The van der Waals surface area contributed by atoms with Gasteiger partial charge in [-0.05, 0) is 74.2 Å². The van der Waals surface area contributed by atoms with Crippen LogP contribution in [0.2, 0.25) is 0 Å². The molecule has 0 radical (unpaired) electrons. The van der Waals surface area contributed by atoms with Crippen molar-refractivity contribution in [3.05, 3.63) is 46.5 Å². The molecule has 0 aliphatic heterocycles. The summed E-state index contributed by atoms with van der Waals surface area (Å²) in [4.78, 5) is 0.